The van der Waals surface area contributed by atoms with E-state index in [1.807, 2.05) is 0 Å². The van der Waals surface area contributed by atoms with Crippen LogP contribution in [0.15, 0.2) is 0 Å². The minimum absolute atomic E-state index is 0.400. The maximum atomic E-state index is 11.5. The molecule has 0 radical (unpaired) electrons. The number of aliphatic hydroxyl groups is 1. The van der Waals surface area contributed by atoms with Crippen molar-refractivity contribution in [2.24, 2.45) is 5.92 Å². The predicted octanol–water partition coefficient (Wildman–Crippen LogP) is -1.48. The summed E-state index contributed by atoms with van der Waals surface area (Å²) in [5.74, 6) is -2.21. The van der Waals surface area contributed by atoms with Crippen LogP contribution < -0.4 is 9.79 Å². The van der Waals surface area contributed by atoms with Crippen LogP contribution in [0.4, 0.5) is 0 Å². The lowest BCUT2D eigenvalue weighted by atomic mass is 9.97. The van der Waals surface area contributed by atoms with Crippen LogP contribution in [-0.4, -0.2) is 29.4 Å². The summed E-state index contributed by atoms with van der Waals surface area (Å²) in [6, 6.07) is 0. The van der Waals surface area contributed by atoms with Gasteiger partial charge >= 0.3 is 0 Å². The Hall–Kier alpha value is -0.590. The summed E-state index contributed by atoms with van der Waals surface area (Å²) in [6.45, 7) is -0.998. The fourth-order valence-corrected chi connectivity index (χ4v) is 2.11. The second kappa shape index (κ2) is 5.84. The van der Waals surface area contributed by atoms with E-state index in [9.17, 15) is 29.0 Å². The van der Waals surface area contributed by atoms with Crippen molar-refractivity contribution in [3.8, 4) is 0 Å². The van der Waals surface area contributed by atoms with Crippen LogP contribution in [-0.2, 0) is 18.7 Å². The molecule has 0 aliphatic heterocycles. The predicted molar refractivity (Wildman–Crippen MR) is 51.5 cm³/mol. The van der Waals surface area contributed by atoms with E-state index in [1.165, 1.54) is 0 Å². The van der Waals surface area contributed by atoms with Crippen molar-refractivity contribution in [3.63, 3.8) is 0 Å². The second-order valence-electron chi connectivity index (χ2n) is 3.97. The van der Waals surface area contributed by atoms with Crippen molar-refractivity contribution in [1.29, 1.82) is 0 Å². The molecule has 1 fully saturated rings. The molecular weight excluding hydrogens is 251 g/mol. The Morgan fingerprint density at radius 3 is 2.35 bits per heavy atom. The molecule has 1 aliphatic carbocycles. The Labute approximate surface area is 98.0 Å². The lowest BCUT2D eigenvalue weighted by Crippen LogP contribution is -2.36. The maximum Gasteiger partial charge on any atom is 0.229 e. The molecule has 1 aliphatic rings. The summed E-state index contributed by atoms with van der Waals surface area (Å²) >= 11 is 0. The Balaban J connectivity index is 2.45. The van der Waals surface area contributed by atoms with Crippen LogP contribution in [0.2, 0.25) is 0 Å². The molecule has 98 valence electrons. The number of carbonyl (C=O) groups excluding carboxylic acids is 2. The van der Waals surface area contributed by atoms with Gasteiger partial charge in [0.25, 0.3) is 0 Å². The van der Waals surface area contributed by atoms with Crippen molar-refractivity contribution in [1.82, 2.24) is 0 Å². The van der Waals surface area contributed by atoms with Crippen LogP contribution in [0.25, 0.3) is 0 Å². The monoisotopic (exact) mass is 264 g/mol. The van der Waals surface area contributed by atoms with Gasteiger partial charge in [-0.1, -0.05) is 12.8 Å². The summed E-state index contributed by atoms with van der Waals surface area (Å²) in [7, 11) is -5.24. The molecule has 7 nitrogen and oxygen atoms in total. The van der Waals surface area contributed by atoms with Crippen molar-refractivity contribution >= 4 is 19.4 Å². The standard InChI is InChI=1S/C9H15O7P/c10-7(5-16-17(13,14)15)9(12)8(11)6-3-1-2-4-6/h6-7,10H,1-5H2,(H2,13,14,15)/p-2. The molecule has 0 spiro atoms. The van der Waals surface area contributed by atoms with E-state index in [-0.39, 0.29) is 0 Å². The van der Waals surface area contributed by atoms with Crippen molar-refractivity contribution in [3.05, 3.63) is 0 Å². The average Bonchev–Trinajstić information content (AvgIpc) is 2.76. The highest BCUT2D eigenvalue weighted by Gasteiger charge is 2.31. The minimum Gasteiger partial charge on any atom is -0.790 e. The minimum atomic E-state index is -5.24. The van der Waals surface area contributed by atoms with E-state index in [1.54, 1.807) is 0 Å². The van der Waals surface area contributed by atoms with Crippen LogP contribution in [0.1, 0.15) is 25.7 Å². The summed E-state index contributed by atoms with van der Waals surface area (Å²) < 4.78 is 13.9. The van der Waals surface area contributed by atoms with Gasteiger partial charge in [-0.15, -0.1) is 0 Å². The molecule has 0 aromatic rings. The number of phosphoric ester groups is 1. The summed E-state index contributed by atoms with van der Waals surface area (Å²) in [5, 5.41) is 9.22. The molecule has 0 amide bonds. The van der Waals surface area contributed by atoms with Gasteiger partial charge in [0, 0.05) is 5.92 Å². The van der Waals surface area contributed by atoms with E-state index in [2.05, 4.69) is 4.52 Å². The van der Waals surface area contributed by atoms with Gasteiger partial charge in [0.2, 0.25) is 11.6 Å². The zero-order valence-electron chi connectivity index (χ0n) is 9.03. The van der Waals surface area contributed by atoms with E-state index in [4.69, 9.17) is 0 Å². The van der Waals surface area contributed by atoms with Gasteiger partial charge < -0.3 is 24.0 Å². The van der Waals surface area contributed by atoms with E-state index in [0.29, 0.717) is 12.8 Å². The first-order chi connectivity index (χ1) is 7.81. The summed E-state index contributed by atoms with van der Waals surface area (Å²) in [6.07, 6.45) is 1.01. The zero-order valence-corrected chi connectivity index (χ0v) is 9.93. The van der Waals surface area contributed by atoms with Gasteiger partial charge in [0.15, 0.2) is 0 Å². The Bertz CT molecular complexity index is 341. The number of ketones is 2. The fourth-order valence-electron chi connectivity index (χ4n) is 1.79. The van der Waals surface area contributed by atoms with E-state index in [0.717, 1.165) is 12.8 Å². The van der Waals surface area contributed by atoms with Crippen molar-refractivity contribution in [2.45, 2.75) is 31.8 Å². The van der Waals surface area contributed by atoms with Gasteiger partial charge in [-0.2, -0.15) is 0 Å². The number of hydrogen-bond acceptors (Lipinski definition) is 7. The highest BCUT2D eigenvalue weighted by molar-refractivity contribution is 7.43. The van der Waals surface area contributed by atoms with Crippen LogP contribution in [0.5, 0.6) is 0 Å². The average molecular weight is 264 g/mol. The van der Waals surface area contributed by atoms with E-state index < -0.39 is 38.0 Å². The highest BCUT2D eigenvalue weighted by atomic mass is 31.2. The Morgan fingerprint density at radius 2 is 1.88 bits per heavy atom. The quantitative estimate of drug-likeness (QED) is 0.457. The molecule has 0 aromatic heterocycles. The maximum absolute atomic E-state index is 11.5. The first kappa shape index (κ1) is 14.5. The third kappa shape index (κ3) is 4.65. The van der Waals surface area contributed by atoms with Crippen LogP contribution >= 0.6 is 7.82 Å². The number of rotatable bonds is 6. The first-order valence-corrected chi connectivity index (χ1v) is 6.70. The smallest absolute Gasteiger partial charge is 0.229 e. The summed E-state index contributed by atoms with van der Waals surface area (Å²) in [4.78, 5) is 43.1. The van der Waals surface area contributed by atoms with Gasteiger partial charge in [0.1, 0.15) is 6.10 Å². The molecule has 8 heteroatoms. The zero-order chi connectivity index (χ0) is 13.1. The normalized spacial score (nSPS) is 19.2. The van der Waals surface area contributed by atoms with Gasteiger partial charge in [-0.3, -0.25) is 9.59 Å². The molecule has 0 saturated heterocycles. The van der Waals surface area contributed by atoms with Gasteiger partial charge in [-0.25, -0.2) is 0 Å². The summed E-state index contributed by atoms with van der Waals surface area (Å²) in [5.41, 5.74) is 0. The molecule has 1 unspecified atom stereocenters. The van der Waals surface area contributed by atoms with Gasteiger partial charge in [0.05, 0.1) is 14.4 Å². The van der Waals surface area contributed by atoms with Crippen molar-refractivity contribution < 1.29 is 33.6 Å². The molecule has 1 rings (SSSR count). The number of phosphoric acid groups is 1. The van der Waals surface area contributed by atoms with Gasteiger partial charge in [-0.05, 0) is 12.8 Å². The molecular formula is C9H13O7P-2. The van der Waals surface area contributed by atoms with Crippen LogP contribution in [0.3, 0.4) is 0 Å². The van der Waals surface area contributed by atoms with Crippen LogP contribution in [0, 0.1) is 5.92 Å². The topological polar surface area (TPSA) is 127 Å². The SMILES string of the molecule is O=C(C(=O)C1CCCC1)C(O)COP(=O)([O-])[O-]. The molecule has 0 aromatic carbocycles. The highest BCUT2D eigenvalue weighted by Crippen LogP contribution is 2.27. The molecule has 1 N–H and O–H groups in total. The molecule has 17 heavy (non-hydrogen) atoms. The van der Waals surface area contributed by atoms with Crippen molar-refractivity contribution in [2.75, 3.05) is 6.61 Å². The second-order valence-corrected chi connectivity index (χ2v) is 5.12. The molecule has 1 atom stereocenters. The largest absolute Gasteiger partial charge is 0.790 e. The Morgan fingerprint density at radius 1 is 1.35 bits per heavy atom. The molecule has 1 saturated carbocycles. The lowest BCUT2D eigenvalue weighted by Gasteiger charge is -2.29. The van der Waals surface area contributed by atoms with E-state index >= 15 is 0 Å². The number of Topliss-reactive ketones (excluding diaryl/α,β-unsaturated/α-hetero) is 2. The number of carbonyl (C=O) groups is 2. The molecule has 0 heterocycles. The molecule has 0 bridgehead atoms. The lowest BCUT2D eigenvalue weighted by molar-refractivity contribution is -0.342. The number of aliphatic hydroxyl groups excluding tert-OH is 1. The Kier molecular flexibility index (Phi) is 4.97. The number of hydrogen-bond donors (Lipinski definition) is 1. The third-order valence-electron chi connectivity index (χ3n) is 2.66. The fraction of sp³-hybridized carbons (Fsp3) is 0.778. The first-order valence-electron chi connectivity index (χ1n) is 5.24. The third-order valence-corrected chi connectivity index (χ3v) is 3.13.